The summed E-state index contributed by atoms with van der Waals surface area (Å²) in [7, 11) is 1.63. The minimum absolute atomic E-state index is 0.0748. The van der Waals surface area contributed by atoms with Crippen LogP contribution in [0.1, 0.15) is 23.2 Å². The molecule has 0 saturated heterocycles. The number of halogens is 1. The Hall–Kier alpha value is -0.780. The van der Waals surface area contributed by atoms with E-state index in [0.717, 1.165) is 22.2 Å². The topological polar surface area (TPSA) is 38.3 Å². The molecule has 2 rings (SSSR count). The summed E-state index contributed by atoms with van der Waals surface area (Å²) in [6, 6.07) is 5.59. The highest BCUT2D eigenvalue weighted by atomic mass is 127. The van der Waals surface area contributed by atoms with E-state index in [1.165, 1.54) is 0 Å². The zero-order valence-corrected chi connectivity index (χ0v) is 10.6. The Morgan fingerprint density at radius 2 is 2.20 bits per heavy atom. The predicted octanol–water partition coefficient (Wildman–Crippen LogP) is 2.19. The molecule has 1 fully saturated rings. The van der Waals surface area contributed by atoms with Crippen LogP contribution in [0, 0.1) is 3.57 Å². The van der Waals surface area contributed by atoms with Crippen molar-refractivity contribution in [1.29, 1.82) is 0 Å². The molecule has 1 aliphatic carbocycles. The second-order valence-corrected chi connectivity index (χ2v) is 4.82. The van der Waals surface area contributed by atoms with Crippen LogP contribution in [-0.2, 0) is 0 Å². The van der Waals surface area contributed by atoms with Gasteiger partial charge in [-0.1, -0.05) is 0 Å². The molecule has 0 heterocycles. The van der Waals surface area contributed by atoms with Gasteiger partial charge in [0.2, 0.25) is 0 Å². The molecule has 1 saturated carbocycles. The summed E-state index contributed by atoms with van der Waals surface area (Å²) >= 11 is 2.19. The first-order chi connectivity index (χ1) is 7.19. The lowest BCUT2D eigenvalue weighted by atomic mass is 10.2. The van der Waals surface area contributed by atoms with Gasteiger partial charge in [0.05, 0.1) is 6.10 Å². The minimum atomic E-state index is -0.0748. The average Bonchev–Trinajstić information content (AvgIpc) is 2.99. The largest absolute Gasteiger partial charge is 0.490 e. The van der Waals surface area contributed by atoms with E-state index in [9.17, 15) is 4.79 Å². The van der Waals surface area contributed by atoms with Crippen molar-refractivity contribution in [1.82, 2.24) is 5.32 Å². The van der Waals surface area contributed by atoms with E-state index < -0.39 is 0 Å². The highest BCUT2D eigenvalue weighted by molar-refractivity contribution is 14.1. The van der Waals surface area contributed by atoms with E-state index in [2.05, 4.69) is 27.9 Å². The summed E-state index contributed by atoms with van der Waals surface area (Å²) in [5, 5.41) is 2.61. The lowest BCUT2D eigenvalue weighted by Crippen LogP contribution is -2.18. The van der Waals surface area contributed by atoms with E-state index in [1.807, 2.05) is 12.1 Å². The Balaban J connectivity index is 2.22. The summed E-state index contributed by atoms with van der Waals surface area (Å²) in [5.74, 6) is 0.720. The fourth-order valence-corrected chi connectivity index (χ4v) is 1.93. The fraction of sp³-hybridized carbons (Fsp3) is 0.364. The van der Waals surface area contributed by atoms with E-state index >= 15 is 0 Å². The van der Waals surface area contributed by atoms with Crippen LogP contribution in [0.15, 0.2) is 18.2 Å². The third kappa shape index (κ3) is 2.84. The predicted molar refractivity (Wildman–Crippen MR) is 66.2 cm³/mol. The van der Waals surface area contributed by atoms with Gasteiger partial charge in [0.1, 0.15) is 5.75 Å². The van der Waals surface area contributed by atoms with Crippen LogP contribution in [0.4, 0.5) is 0 Å². The molecule has 15 heavy (non-hydrogen) atoms. The average molecular weight is 317 g/mol. The first kappa shape index (κ1) is 10.7. The molecule has 0 bridgehead atoms. The molecular formula is C11H12INO2. The minimum Gasteiger partial charge on any atom is -0.490 e. The van der Waals surface area contributed by atoms with E-state index in [1.54, 1.807) is 13.1 Å². The summed E-state index contributed by atoms with van der Waals surface area (Å²) < 4.78 is 6.67. The van der Waals surface area contributed by atoms with Crippen molar-refractivity contribution in [2.24, 2.45) is 0 Å². The van der Waals surface area contributed by atoms with Gasteiger partial charge in [0.15, 0.2) is 0 Å². The van der Waals surface area contributed by atoms with Crippen molar-refractivity contribution in [2.75, 3.05) is 7.05 Å². The Morgan fingerprint density at radius 1 is 1.47 bits per heavy atom. The number of carbonyl (C=O) groups excluding carboxylic acids is 1. The second-order valence-electron chi connectivity index (χ2n) is 3.57. The molecule has 3 nitrogen and oxygen atoms in total. The van der Waals surface area contributed by atoms with Crippen molar-refractivity contribution >= 4 is 28.5 Å². The summed E-state index contributed by atoms with van der Waals surface area (Å²) in [6.45, 7) is 0. The molecule has 0 radical (unpaired) electrons. The number of ether oxygens (including phenoxy) is 1. The van der Waals surface area contributed by atoms with Crippen LogP contribution in [0.2, 0.25) is 0 Å². The van der Waals surface area contributed by atoms with Crippen molar-refractivity contribution in [2.45, 2.75) is 18.9 Å². The van der Waals surface area contributed by atoms with Crippen molar-refractivity contribution in [3.63, 3.8) is 0 Å². The maximum Gasteiger partial charge on any atom is 0.251 e. The van der Waals surface area contributed by atoms with Gasteiger partial charge in [-0.05, 0) is 53.6 Å². The Labute approximate surface area is 102 Å². The number of nitrogens with one attached hydrogen (secondary N) is 1. The molecule has 0 aliphatic heterocycles. The molecule has 0 spiro atoms. The Kier molecular flexibility index (Phi) is 3.14. The maximum atomic E-state index is 11.4. The third-order valence-electron chi connectivity index (χ3n) is 2.19. The molecule has 1 aromatic carbocycles. The smallest absolute Gasteiger partial charge is 0.251 e. The van der Waals surface area contributed by atoms with Crippen LogP contribution < -0.4 is 10.1 Å². The molecule has 0 unspecified atom stereocenters. The molecule has 80 valence electrons. The Bertz CT molecular complexity index is 388. The third-order valence-corrected chi connectivity index (χ3v) is 2.81. The number of rotatable bonds is 3. The molecule has 1 amide bonds. The van der Waals surface area contributed by atoms with Gasteiger partial charge in [0.25, 0.3) is 5.91 Å². The molecule has 1 aliphatic rings. The molecule has 1 aromatic rings. The lowest BCUT2D eigenvalue weighted by Gasteiger charge is -2.07. The standard InChI is InChI=1S/C11H12INO2/c1-13-11(14)7-4-8(12)6-10(5-7)15-9-2-3-9/h4-6,9H,2-3H2,1H3,(H,13,14). The van der Waals surface area contributed by atoms with Gasteiger partial charge in [-0.3, -0.25) is 4.79 Å². The number of amides is 1. The molecule has 0 atom stereocenters. The first-order valence-electron chi connectivity index (χ1n) is 4.88. The van der Waals surface area contributed by atoms with Crippen LogP contribution in [0.25, 0.3) is 0 Å². The highest BCUT2D eigenvalue weighted by Gasteiger charge is 2.23. The zero-order valence-electron chi connectivity index (χ0n) is 8.42. The molecule has 4 heteroatoms. The molecule has 1 N–H and O–H groups in total. The van der Waals surface area contributed by atoms with Crippen LogP contribution in [0.3, 0.4) is 0 Å². The van der Waals surface area contributed by atoms with Crippen LogP contribution in [-0.4, -0.2) is 19.1 Å². The van der Waals surface area contributed by atoms with Crippen molar-refractivity contribution in [3.05, 3.63) is 27.3 Å². The monoisotopic (exact) mass is 317 g/mol. The van der Waals surface area contributed by atoms with Gasteiger partial charge < -0.3 is 10.1 Å². The number of carbonyl (C=O) groups is 1. The van der Waals surface area contributed by atoms with Crippen molar-refractivity contribution in [3.8, 4) is 5.75 Å². The van der Waals surface area contributed by atoms with E-state index in [4.69, 9.17) is 4.74 Å². The number of hydrogen-bond acceptors (Lipinski definition) is 2. The first-order valence-corrected chi connectivity index (χ1v) is 5.96. The quantitative estimate of drug-likeness (QED) is 0.868. The number of benzene rings is 1. The lowest BCUT2D eigenvalue weighted by molar-refractivity contribution is 0.0962. The fourth-order valence-electron chi connectivity index (χ4n) is 1.28. The van der Waals surface area contributed by atoms with Gasteiger partial charge in [-0.25, -0.2) is 0 Å². The maximum absolute atomic E-state index is 11.4. The van der Waals surface area contributed by atoms with Crippen molar-refractivity contribution < 1.29 is 9.53 Å². The summed E-state index contributed by atoms with van der Waals surface area (Å²) in [4.78, 5) is 11.4. The second kappa shape index (κ2) is 4.38. The van der Waals surface area contributed by atoms with Gasteiger partial charge in [-0.15, -0.1) is 0 Å². The van der Waals surface area contributed by atoms with Crippen LogP contribution >= 0.6 is 22.6 Å². The van der Waals surface area contributed by atoms with Gasteiger partial charge in [-0.2, -0.15) is 0 Å². The van der Waals surface area contributed by atoms with E-state index in [0.29, 0.717) is 11.7 Å². The SMILES string of the molecule is CNC(=O)c1cc(I)cc(OC2CC2)c1. The molecule has 0 aromatic heterocycles. The van der Waals surface area contributed by atoms with E-state index in [-0.39, 0.29) is 5.91 Å². The summed E-state index contributed by atoms with van der Waals surface area (Å²) in [6.07, 6.45) is 2.61. The highest BCUT2D eigenvalue weighted by Crippen LogP contribution is 2.28. The van der Waals surface area contributed by atoms with Gasteiger partial charge >= 0.3 is 0 Å². The number of hydrogen-bond donors (Lipinski definition) is 1. The normalized spacial score (nSPS) is 14.8. The summed E-state index contributed by atoms with van der Waals surface area (Å²) in [5.41, 5.74) is 0.653. The molecular weight excluding hydrogens is 305 g/mol. The van der Waals surface area contributed by atoms with Gasteiger partial charge in [0, 0.05) is 16.2 Å². The Morgan fingerprint density at radius 3 is 2.80 bits per heavy atom. The zero-order chi connectivity index (χ0) is 10.8. The van der Waals surface area contributed by atoms with Crippen LogP contribution in [0.5, 0.6) is 5.75 Å².